The van der Waals surface area contributed by atoms with Crippen LogP contribution in [0, 0.1) is 0 Å². The Morgan fingerprint density at radius 1 is 1.50 bits per heavy atom. The van der Waals surface area contributed by atoms with Crippen molar-refractivity contribution in [2.24, 2.45) is 7.05 Å². The Morgan fingerprint density at radius 3 is 3.00 bits per heavy atom. The highest BCUT2D eigenvalue weighted by atomic mass is 16.5. The molecule has 1 fully saturated rings. The van der Waals surface area contributed by atoms with Crippen LogP contribution in [0.15, 0.2) is 0 Å². The van der Waals surface area contributed by atoms with Crippen LogP contribution in [0.3, 0.4) is 0 Å². The van der Waals surface area contributed by atoms with Gasteiger partial charge in [0.2, 0.25) is 5.95 Å². The second kappa shape index (κ2) is 3.91. The summed E-state index contributed by atoms with van der Waals surface area (Å²) in [5.41, 5.74) is 0. The molecule has 1 saturated carbocycles. The normalized spacial score (nSPS) is 26.7. The van der Waals surface area contributed by atoms with Gasteiger partial charge in [0.15, 0.2) is 0 Å². The van der Waals surface area contributed by atoms with Gasteiger partial charge in [0, 0.05) is 14.2 Å². The Balaban J connectivity index is 2.00. The highest BCUT2D eigenvalue weighted by molar-refractivity contribution is 5.24. The molecule has 2 rings (SSSR count). The molecule has 1 aromatic heterocycles. The van der Waals surface area contributed by atoms with E-state index in [0.717, 1.165) is 12.8 Å². The zero-order chi connectivity index (χ0) is 9.97. The maximum absolute atomic E-state index is 5.37. The highest BCUT2D eigenvalue weighted by Crippen LogP contribution is 2.23. The topological polar surface area (TPSA) is 64.9 Å². The summed E-state index contributed by atoms with van der Waals surface area (Å²) in [4.78, 5) is 0. The van der Waals surface area contributed by atoms with Crippen LogP contribution in [-0.2, 0) is 11.8 Å². The van der Waals surface area contributed by atoms with Crippen molar-refractivity contribution < 1.29 is 4.74 Å². The van der Waals surface area contributed by atoms with Gasteiger partial charge in [-0.1, -0.05) is 5.10 Å². The average molecular weight is 197 g/mol. The molecule has 1 heterocycles. The van der Waals surface area contributed by atoms with Crippen LogP contribution in [0.1, 0.15) is 19.3 Å². The Morgan fingerprint density at radius 2 is 2.36 bits per heavy atom. The van der Waals surface area contributed by atoms with E-state index in [9.17, 15) is 0 Å². The minimum Gasteiger partial charge on any atom is -0.379 e. The Hall–Kier alpha value is -1.17. The van der Waals surface area contributed by atoms with Crippen molar-refractivity contribution >= 4 is 5.95 Å². The number of nitrogens with one attached hydrogen (secondary N) is 1. The van der Waals surface area contributed by atoms with Crippen molar-refractivity contribution in [1.82, 2.24) is 20.2 Å². The molecule has 0 amide bonds. The van der Waals surface area contributed by atoms with E-state index in [1.54, 1.807) is 11.8 Å². The Labute approximate surface area is 82.6 Å². The third-order valence-corrected chi connectivity index (χ3v) is 2.69. The van der Waals surface area contributed by atoms with Crippen LogP contribution in [0.4, 0.5) is 5.95 Å². The molecule has 1 aliphatic carbocycles. The second-order valence-corrected chi connectivity index (χ2v) is 3.58. The van der Waals surface area contributed by atoms with E-state index in [4.69, 9.17) is 4.74 Å². The molecule has 1 aliphatic rings. The first kappa shape index (κ1) is 9.39. The molecule has 2 unspecified atom stereocenters. The minimum absolute atomic E-state index is 0.284. The third kappa shape index (κ3) is 1.70. The number of ether oxygens (including phenoxy) is 1. The van der Waals surface area contributed by atoms with Crippen molar-refractivity contribution in [2.45, 2.75) is 31.4 Å². The number of tetrazole rings is 1. The van der Waals surface area contributed by atoms with Gasteiger partial charge in [-0.3, -0.25) is 0 Å². The summed E-state index contributed by atoms with van der Waals surface area (Å²) in [6, 6.07) is 0.338. The molecule has 1 aromatic rings. The van der Waals surface area contributed by atoms with Gasteiger partial charge in [0.1, 0.15) is 0 Å². The van der Waals surface area contributed by atoms with Crippen LogP contribution in [0.5, 0.6) is 0 Å². The third-order valence-electron chi connectivity index (χ3n) is 2.69. The predicted molar refractivity (Wildman–Crippen MR) is 50.9 cm³/mol. The molecule has 0 spiro atoms. The number of anilines is 1. The molecule has 0 aromatic carbocycles. The second-order valence-electron chi connectivity index (χ2n) is 3.58. The molecule has 78 valence electrons. The fraction of sp³-hybridized carbons (Fsp3) is 0.875. The number of nitrogens with zero attached hydrogens (tertiary/aromatic N) is 4. The molecular formula is C8H15N5O. The van der Waals surface area contributed by atoms with Gasteiger partial charge >= 0.3 is 0 Å². The summed E-state index contributed by atoms with van der Waals surface area (Å²) in [7, 11) is 3.57. The Kier molecular flexibility index (Phi) is 2.62. The first-order valence-electron chi connectivity index (χ1n) is 4.83. The van der Waals surface area contributed by atoms with Gasteiger partial charge < -0.3 is 10.1 Å². The lowest BCUT2D eigenvalue weighted by molar-refractivity contribution is 0.101. The van der Waals surface area contributed by atoms with Crippen molar-refractivity contribution in [3.05, 3.63) is 0 Å². The summed E-state index contributed by atoms with van der Waals surface area (Å²) in [6.07, 6.45) is 3.71. The van der Waals surface area contributed by atoms with Crippen LogP contribution >= 0.6 is 0 Å². The zero-order valence-electron chi connectivity index (χ0n) is 8.47. The number of hydrogen-bond donors (Lipinski definition) is 1. The van der Waals surface area contributed by atoms with Crippen molar-refractivity contribution in [2.75, 3.05) is 12.4 Å². The zero-order valence-corrected chi connectivity index (χ0v) is 8.47. The molecule has 1 N–H and O–H groups in total. The highest BCUT2D eigenvalue weighted by Gasteiger charge is 2.27. The number of aromatic nitrogens is 4. The number of aryl methyl sites for hydroxylation is 1. The summed E-state index contributed by atoms with van der Waals surface area (Å²) in [6.45, 7) is 0. The summed E-state index contributed by atoms with van der Waals surface area (Å²) in [5.74, 6) is 0.707. The van der Waals surface area contributed by atoms with Crippen molar-refractivity contribution in [3.63, 3.8) is 0 Å². The van der Waals surface area contributed by atoms with Gasteiger partial charge in [-0.25, -0.2) is 4.68 Å². The lowest BCUT2D eigenvalue weighted by atomic mass is 10.2. The summed E-state index contributed by atoms with van der Waals surface area (Å²) in [5, 5.41) is 14.5. The quantitative estimate of drug-likeness (QED) is 0.749. The van der Waals surface area contributed by atoms with Crippen LogP contribution < -0.4 is 5.32 Å². The molecule has 6 nitrogen and oxygen atoms in total. The van der Waals surface area contributed by atoms with Gasteiger partial charge in [0.25, 0.3) is 0 Å². The monoisotopic (exact) mass is 197 g/mol. The molecule has 0 saturated heterocycles. The van der Waals surface area contributed by atoms with Gasteiger partial charge in [-0.2, -0.15) is 0 Å². The van der Waals surface area contributed by atoms with E-state index in [1.165, 1.54) is 6.42 Å². The standard InChI is InChI=1S/C8H15N5O/c1-13-8(10-11-12-13)9-6-4-3-5-7(6)14-2/h6-7H,3-5H2,1-2H3,(H,9,10,12). The average Bonchev–Trinajstić information content (AvgIpc) is 2.77. The van der Waals surface area contributed by atoms with Crippen molar-refractivity contribution in [3.8, 4) is 0 Å². The molecule has 0 aliphatic heterocycles. The van der Waals surface area contributed by atoms with Gasteiger partial charge in [-0.05, 0) is 29.7 Å². The van der Waals surface area contributed by atoms with Crippen LogP contribution in [0.2, 0.25) is 0 Å². The fourth-order valence-corrected chi connectivity index (χ4v) is 1.89. The summed E-state index contributed by atoms with van der Waals surface area (Å²) < 4.78 is 7.00. The molecular weight excluding hydrogens is 182 g/mol. The number of methoxy groups -OCH3 is 1. The molecule has 14 heavy (non-hydrogen) atoms. The first-order chi connectivity index (χ1) is 6.81. The molecule has 2 atom stereocenters. The van der Waals surface area contributed by atoms with Crippen LogP contribution in [0.25, 0.3) is 0 Å². The largest absolute Gasteiger partial charge is 0.379 e. The van der Waals surface area contributed by atoms with E-state index in [0.29, 0.717) is 12.0 Å². The van der Waals surface area contributed by atoms with Crippen LogP contribution in [-0.4, -0.2) is 39.5 Å². The lowest BCUT2D eigenvalue weighted by Gasteiger charge is -2.19. The maximum Gasteiger partial charge on any atom is 0.242 e. The number of hydrogen-bond acceptors (Lipinski definition) is 5. The van der Waals surface area contributed by atoms with E-state index in [-0.39, 0.29) is 6.10 Å². The molecule has 0 radical (unpaired) electrons. The smallest absolute Gasteiger partial charge is 0.242 e. The predicted octanol–water partition coefficient (Wildman–Crippen LogP) is 0.189. The van der Waals surface area contributed by atoms with Crippen molar-refractivity contribution in [1.29, 1.82) is 0 Å². The van der Waals surface area contributed by atoms with E-state index in [2.05, 4.69) is 20.8 Å². The lowest BCUT2D eigenvalue weighted by Crippen LogP contribution is -2.30. The minimum atomic E-state index is 0.284. The summed E-state index contributed by atoms with van der Waals surface area (Å²) >= 11 is 0. The Bertz CT molecular complexity index is 300. The number of rotatable bonds is 3. The maximum atomic E-state index is 5.37. The van der Waals surface area contributed by atoms with Gasteiger partial charge in [-0.15, -0.1) is 0 Å². The SMILES string of the molecule is COC1CCCC1Nc1nnnn1C. The van der Waals surface area contributed by atoms with Gasteiger partial charge in [0.05, 0.1) is 12.1 Å². The van der Waals surface area contributed by atoms with E-state index in [1.807, 2.05) is 7.05 Å². The fourth-order valence-electron chi connectivity index (χ4n) is 1.89. The van der Waals surface area contributed by atoms with E-state index < -0.39 is 0 Å². The first-order valence-corrected chi connectivity index (χ1v) is 4.83. The molecule has 6 heteroatoms. The van der Waals surface area contributed by atoms with E-state index >= 15 is 0 Å². The molecule has 0 bridgehead atoms.